The Labute approximate surface area is 150 Å². The second-order valence-corrected chi connectivity index (χ2v) is 7.53. The first kappa shape index (κ1) is 15.0. The number of fused-ring (bicyclic) bond motifs is 3. The molecule has 0 amide bonds. The van der Waals surface area contributed by atoms with Crippen LogP contribution in [0.25, 0.3) is 22.4 Å². The van der Waals surface area contributed by atoms with Gasteiger partial charge in [-0.1, -0.05) is 73.7 Å². The van der Waals surface area contributed by atoms with Crippen molar-refractivity contribution in [2.75, 3.05) is 0 Å². The van der Waals surface area contributed by atoms with Crippen molar-refractivity contribution in [3.05, 3.63) is 78.0 Å². The number of rotatable bonds is 2. The van der Waals surface area contributed by atoms with Crippen LogP contribution in [0.5, 0.6) is 0 Å². The molecule has 2 heterocycles. The van der Waals surface area contributed by atoms with E-state index in [2.05, 4.69) is 71.4 Å². The molecule has 0 unspecified atom stereocenters. The highest BCUT2D eigenvalue weighted by Gasteiger charge is 2.30. The van der Waals surface area contributed by atoms with Crippen molar-refractivity contribution < 1.29 is 4.57 Å². The monoisotopic (exact) mass is 322 g/mol. The van der Waals surface area contributed by atoms with E-state index in [1.807, 2.05) is 0 Å². The van der Waals surface area contributed by atoms with E-state index in [0.717, 1.165) is 19.4 Å². The molecule has 25 heavy (non-hydrogen) atoms. The summed E-state index contributed by atoms with van der Waals surface area (Å²) in [6.07, 6.45) is 6.93. The van der Waals surface area contributed by atoms with Gasteiger partial charge in [-0.05, 0) is 22.5 Å². The molecule has 0 N–H and O–H groups in total. The van der Waals surface area contributed by atoms with Crippen LogP contribution in [0, 0.1) is 0 Å². The van der Waals surface area contributed by atoms with Crippen LogP contribution < -0.4 is 4.57 Å². The van der Waals surface area contributed by atoms with Crippen LogP contribution in [-0.2, 0) is 11.9 Å². The lowest BCUT2D eigenvalue weighted by atomic mass is 9.63. The number of hydrogen-bond acceptors (Lipinski definition) is 0. The van der Waals surface area contributed by atoms with E-state index in [9.17, 15) is 0 Å². The third-order valence-corrected chi connectivity index (χ3v) is 5.96. The molecular weight excluding hydrogens is 301 g/mol. The van der Waals surface area contributed by atoms with Gasteiger partial charge in [-0.25, -0.2) is 0 Å². The first-order valence-corrected chi connectivity index (χ1v) is 9.25. The Morgan fingerprint density at radius 1 is 0.840 bits per heavy atom. The molecule has 0 bridgehead atoms. The Hall–Kier alpha value is -2.35. The Morgan fingerprint density at radius 3 is 2.40 bits per heavy atom. The molecule has 0 atom stereocenters. The fraction of sp³-hybridized carbons (Fsp3) is 0.261. The van der Waals surface area contributed by atoms with E-state index >= 15 is 0 Å². The first-order valence-electron chi connectivity index (χ1n) is 9.25. The van der Waals surface area contributed by atoms with Crippen LogP contribution >= 0.6 is 0 Å². The van der Waals surface area contributed by atoms with Gasteiger partial charge in [-0.15, -0.1) is 0 Å². The average Bonchev–Trinajstić information content (AvgIpc) is 3.26. The van der Waals surface area contributed by atoms with E-state index in [0.29, 0.717) is 0 Å². The van der Waals surface area contributed by atoms with Gasteiger partial charge in [-0.2, -0.15) is 4.57 Å². The van der Waals surface area contributed by atoms with E-state index in [1.54, 1.807) is 0 Å². The summed E-state index contributed by atoms with van der Waals surface area (Å²) in [6.45, 7) is 0.973. The van der Waals surface area contributed by atoms with Gasteiger partial charge in [0.2, 0.25) is 5.69 Å². The highest BCUT2D eigenvalue weighted by molar-refractivity contribution is 6.16. The van der Waals surface area contributed by atoms with Crippen molar-refractivity contribution in [2.45, 2.75) is 37.5 Å². The zero-order valence-corrected chi connectivity index (χ0v) is 14.4. The Balaban J connectivity index is 1.51. The van der Waals surface area contributed by atoms with Gasteiger partial charge in [0.15, 0.2) is 12.7 Å². The standard InChI is InChI=1S/C23H21BN/c24-23(12-3-4-13-23)20-9-7-17(8-10-20)18-11-14-25-16-19-5-1-2-6-21(19)22(25)15-18/h1-2,5-11,14-15H,3-4,12-13,16H2/q+1. The fourth-order valence-corrected chi connectivity index (χ4v) is 4.46. The normalized spacial score (nSPS) is 17.3. The molecule has 2 radical (unpaired) electrons. The number of pyridine rings is 1. The second-order valence-electron chi connectivity index (χ2n) is 7.53. The van der Waals surface area contributed by atoms with E-state index < -0.39 is 0 Å². The van der Waals surface area contributed by atoms with Gasteiger partial charge in [0.1, 0.15) is 0 Å². The number of hydrogen-bond donors (Lipinski definition) is 0. The van der Waals surface area contributed by atoms with Crippen molar-refractivity contribution in [1.29, 1.82) is 0 Å². The molecule has 2 heteroatoms. The summed E-state index contributed by atoms with van der Waals surface area (Å²) in [5.74, 6) is 0. The fourth-order valence-electron chi connectivity index (χ4n) is 4.46. The maximum atomic E-state index is 6.59. The molecule has 1 nitrogen and oxygen atoms in total. The minimum Gasteiger partial charge on any atom is -0.194 e. The summed E-state index contributed by atoms with van der Waals surface area (Å²) in [5, 5.41) is -0.106. The maximum Gasteiger partial charge on any atom is 0.213 e. The number of aromatic nitrogens is 1. The van der Waals surface area contributed by atoms with Crippen LogP contribution in [0.1, 0.15) is 36.8 Å². The largest absolute Gasteiger partial charge is 0.213 e. The van der Waals surface area contributed by atoms with Crippen LogP contribution in [-0.4, -0.2) is 7.85 Å². The third kappa shape index (κ3) is 2.43. The predicted molar refractivity (Wildman–Crippen MR) is 103 cm³/mol. The lowest BCUT2D eigenvalue weighted by molar-refractivity contribution is -0.672. The number of benzene rings is 2. The molecule has 2 aliphatic rings. The molecule has 5 rings (SSSR count). The zero-order chi connectivity index (χ0) is 16.9. The summed E-state index contributed by atoms with van der Waals surface area (Å²) in [5.41, 5.74) is 7.89. The van der Waals surface area contributed by atoms with Gasteiger partial charge in [-0.3, -0.25) is 0 Å². The number of nitrogens with zero attached hydrogens (tertiary/aromatic N) is 1. The van der Waals surface area contributed by atoms with Gasteiger partial charge in [0.25, 0.3) is 0 Å². The van der Waals surface area contributed by atoms with Gasteiger partial charge >= 0.3 is 0 Å². The topological polar surface area (TPSA) is 3.88 Å². The molecule has 1 aromatic heterocycles. The van der Waals surface area contributed by atoms with Crippen molar-refractivity contribution in [3.63, 3.8) is 0 Å². The highest BCUT2D eigenvalue weighted by Crippen LogP contribution is 2.39. The van der Waals surface area contributed by atoms with Crippen molar-refractivity contribution in [2.24, 2.45) is 0 Å². The molecule has 1 aliphatic heterocycles. The van der Waals surface area contributed by atoms with Crippen LogP contribution in [0.3, 0.4) is 0 Å². The molecule has 120 valence electrons. The average molecular weight is 322 g/mol. The van der Waals surface area contributed by atoms with Gasteiger partial charge in [0.05, 0.1) is 13.4 Å². The van der Waals surface area contributed by atoms with Crippen LogP contribution in [0.2, 0.25) is 0 Å². The summed E-state index contributed by atoms with van der Waals surface area (Å²) in [4.78, 5) is 0. The molecule has 0 saturated heterocycles. The lowest BCUT2D eigenvalue weighted by Crippen LogP contribution is -2.31. The molecular formula is C23H21BN+. The quantitative estimate of drug-likeness (QED) is 0.375. The van der Waals surface area contributed by atoms with E-state index in [1.165, 1.54) is 46.4 Å². The molecule has 0 spiro atoms. The first-order chi connectivity index (χ1) is 12.2. The molecule has 1 saturated carbocycles. The van der Waals surface area contributed by atoms with Crippen molar-refractivity contribution >= 4 is 7.85 Å². The highest BCUT2D eigenvalue weighted by atomic mass is 15.0. The zero-order valence-electron chi connectivity index (χ0n) is 14.4. The third-order valence-electron chi connectivity index (χ3n) is 5.96. The van der Waals surface area contributed by atoms with Crippen LogP contribution in [0.15, 0.2) is 66.9 Å². The SMILES string of the molecule is [B]C1(c2ccc(-c3cc[n+]4c(c3)-c3ccccc3C4)cc2)CCCC1. The molecule has 2 aromatic carbocycles. The van der Waals surface area contributed by atoms with Crippen LogP contribution in [0.4, 0.5) is 0 Å². The predicted octanol–water partition coefficient (Wildman–Crippen LogP) is 4.61. The Kier molecular flexibility index (Phi) is 3.34. The minimum absolute atomic E-state index is 0.106. The van der Waals surface area contributed by atoms with Crippen molar-refractivity contribution in [1.82, 2.24) is 0 Å². The van der Waals surface area contributed by atoms with E-state index in [4.69, 9.17) is 7.85 Å². The summed E-state index contributed by atoms with van der Waals surface area (Å²) < 4.78 is 2.33. The maximum absolute atomic E-state index is 6.59. The molecule has 1 fully saturated rings. The minimum atomic E-state index is -0.106. The summed E-state index contributed by atoms with van der Waals surface area (Å²) in [7, 11) is 6.59. The molecule has 3 aromatic rings. The van der Waals surface area contributed by atoms with Crippen molar-refractivity contribution in [3.8, 4) is 22.4 Å². The smallest absolute Gasteiger partial charge is 0.194 e. The van der Waals surface area contributed by atoms with E-state index in [-0.39, 0.29) is 5.31 Å². The molecule has 1 aliphatic carbocycles. The summed E-state index contributed by atoms with van der Waals surface area (Å²) >= 11 is 0. The Morgan fingerprint density at radius 2 is 1.60 bits per heavy atom. The second kappa shape index (κ2) is 5.59. The van der Waals surface area contributed by atoms with Gasteiger partial charge in [0, 0.05) is 17.7 Å². The van der Waals surface area contributed by atoms with Gasteiger partial charge < -0.3 is 0 Å². The summed E-state index contributed by atoms with van der Waals surface area (Å²) in [6, 6.07) is 22.1. The Bertz CT molecular complexity index is 937. The lowest BCUT2D eigenvalue weighted by Gasteiger charge is -2.24.